The molecule has 1 aliphatic heterocycles. The summed E-state index contributed by atoms with van der Waals surface area (Å²) in [6, 6.07) is 13.3. The van der Waals surface area contributed by atoms with E-state index in [1.54, 1.807) is 6.20 Å². The molecule has 0 atom stereocenters. The molecular weight excluding hydrogens is 400 g/mol. The van der Waals surface area contributed by atoms with Gasteiger partial charge in [0.2, 0.25) is 0 Å². The summed E-state index contributed by atoms with van der Waals surface area (Å²) < 4.78 is 1.88. The zero-order valence-corrected chi connectivity index (χ0v) is 17.9. The van der Waals surface area contributed by atoms with Crippen molar-refractivity contribution >= 4 is 23.3 Å². The van der Waals surface area contributed by atoms with E-state index in [0.29, 0.717) is 24.7 Å². The Kier molecular flexibility index (Phi) is 5.90. The van der Waals surface area contributed by atoms with E-state index >= 15 is 0 Å². The van der Waals surface area contributed by atoms with Gasteiger partial charge in [-0.1, -0.05) is 29.8 Å². The van der Waals surface area contributed by atoms with Crippen LogP contribution in [0.4, 0.5) is 10.5 Å². The minimum absolute atomic E-state index is 0.0396. The molecule has 1 N–H and O–H groups in total. The van der Waals surface area contributed by atoms with E-state index in [0.717, 1.165) is 41.5 Å². The topological polar surface area (TPSA) is 66.3 Å². The summed E-state index contributed by atoms with van der Waals surface area (Å²) in [6.07, 6.45) is 1.77. The molecule has 7 nitrogen and oxygen atoms in total. The van der Waals surface area contributed by atoms with Gasteiger partial charge in [0.1, 0.15) is 0 Å². The van der Waals surface area contributed by atoms with Gasteiger partial charge in [-0.05, 0) is 43.7 Å². The number of carbonyl (C=O) groups excluding carboxylic acids is 1. The number of anilines is 1. The van der Waals surface area contributed by atoms with Gasteiger partial charge in [0, 0.05) is 43.9 Å². The first kappa shape index (κ1) is 20.2. The third-order valence-electron chi connectivity index (χ3n) is 5.36. The van der Waals surface area contributed by atoms with Gasteiger partial charge >= 0.3 is 6.03 Å². The highest BCUT2D eigenvalue weighted by atomic mass is 35.5. The molecule has 2 amide bonds. The van der Waals surface area contributed by atoms with Crippen LogP contribution >= 0.6 is 11.6 Å². The molecule has 3 aromatic rings. The highest BCUT2D eigenvalue weighted by Gasteiger charge is 2.25. The van der Waals surface area contributed by atoms with Crippen LogP contribution in [0.3, 0.4) is 0 Å². The maximum absolute atomic E-state index is 12.6. The second-order valence-corrected chi connectivity index (χ2v) is 7.81. The molecular formula is C22H25ClN6O. The summed E-state index contributed by atoms with van der Waals surface area (Å²) in [4.78, 5) is 21.1. The fraction of sp³-hybridized carbons (Fsp3) is 0.318. The van der Waals surface area contributed by atoms with Gasteiger partial charge in [0.25, 0.3) is 0 Å². The van der Waals surface area contributed by atoms with Crippen molar-refractivity contribution in [3.05, 3.63) is 70.6 Å². The minimum Gasteiger partial charge on any atom is -0.365 e. The van der Waals surface area contributed by atoms with Crippen LogP contribution in [0.25, 0.3) is 5.82 Å². The van der Waals surface area contributed by atoms with Crippen molar-refractivity contribution in [2.24, 2.45) is 0 Å². The van der Waals surface area contributed by atoms with E-state index < -0.39 is 0 Å². The molecule has 4 rings (SSSR count). The van der Waals surface area contributed by atoms with Crippen LogP contribution in [-0.2, 0) is 6.54 Å². The van der Waals surface area contributed by atoms with Gasteiger partial charge in [-0.15, -0.1) is 0 Å². The van der Waals surface area contributed by atoms with Gasteiger partial charge in [0.05, 0.1) is 17.1 Å². The molecule has 0 radical (unpaired) electrons. The van der Waals surface area contributed by atoms with Crippen LogP contribution in [-0.4, -0.2) is 51.9 Å². The molecule has 156 valence electrons. The second kappa shape index (κ2) is 8.75. The van der Waals surface area contributed by atoms with E-state index in [1.807, 2.05) is 59.0 Å². The predicted octanol–water partition coefficient (Wildman–Crippen LogP) is 3.57. The quantitative estimate of drug-likeness (QED) is 0.695. The maximum atomic E-state index is 12.6. The number of piperazine rings is 1. The van der Waals surface area contributed by atoms with E-state index in [-0.39, 0.29) is 6.03 Å². The van der Waals surface area contributed by atoms with Crippen LogP contribution in [0.15, 0.2) is 48.7 Å². The zero-order chi connectivity index (χ0) is 21.1. The van der Waals surface area contributed by atoms with Crippen LogP contribution in [0.1, 0.15) is 17.0 Å². The molecule has 0 unspecified atom stereocenters. The number of nitrogens with one attached hydrogen (secondary N) is 1. The molecule has 3 heterocycles. The van der Waals surface area contributed by atoms with Crippen molar-refractivity contribution in [2.75, 3.05) is 31.1 Å². The van der Waals surface area contributed by atoms with Crippen molar-refractivity contribution in [3.8, 4) is 5.82 Å². The standard InChI is InChI=1S/C22H25ClN6O/c1-16-21(17(2)29(26-16)20-5-3-4-10-24-20)27-11-13-28(14-12-27)22(30)25-15-18-6-8-19(23)9-7-18/h3-10H,11-15H2,1-2H3,(H,25,30). The van der Waals surface area contributed by atoms with Gasteiger partial charge in [0.15, 0.2) is 5.82 Å². The molecule has 8 heteroatoms. The summed E-state index contributed by atoms with van der Waals surface area (Å²) in [5, 5.41) is 8.37. The Hall–Kier alpha value is -3.06. The smallest absolute Gasteiger partial charge is 0.317 e. The van der Waals surface area contributed by atoms with Crippen LogP contribution in [0.5, 0.6) is 0 Å². The molecule has 1 fully saturated rings. The summed E-state index contributed by atoms with van der Waals surface area (Å²) in [5.74, 6) is 0.810. The van der Waals surface area contributed by atoms with Gasteiger partial charge in [-0.25, -0.2) is 14.5 Å². The largest absolute Gasteiger partial charge is 0.365 e. The van der Waals surface area contributed by atoms with E-state index in [9.17, 15) is 4.79 Å². The van der Waals surface area contributed by atoms with Crippen LogP contribution < -0.4 is 10.2 Å². The fourth-order valence-electron chi connectivity index (χ4n) is 3.82. The maximum Gasteiger partial charge on any atom is 0.317 e. The lowest BCUT2D eigenvalue weighted by Crippen LogP contribution is -2.52. The zero-order valence-electron chi connectivity index (χ0n) is 17.2. The Bertz CT molecular complexity index is 1010. The summed E-state index contributed by atoms with van der Waals surface area (Å²) in [6.45, 7) is 7.45. The SMILES string of the molecule is Cc1nn(-c2ccccn2)c(C)c1N1CCN(C(=O)NCc2ccc(Cl)cc2)CC1. The number of pyridine rings is 1. The Morgan fingerprint density at radius 1 is 1.07 bits per heavy atom. The first-order valence-electron chi connectivity index (χ1n) is 10.0. The van der Waals surface area contributed by atoms with Gasteiger partial charge < -0.3 is 15.1 Å². The highest BCUT2D eigenvalue weighted by Crippen LogP contribution is 2.27. The van der Waals surface area contributed by atoms with Crippen LogP contribution in [0, 0.1) is 13.8 Å². The lowest BCUT2D eigenvalue weighted by atomic mass is 10.2. The Morgan fingerprint density at radius 2 is 1.80 bits per heavy atom. The number of aryl methyl sites for hydroxylation is 1. The molecule has 0 saturated carbocycles. The second-order valence-electron chi connectivity index (χ2n) is 7.38. The van der Waals surface area contributed by atoms with Crippen molar-refractivity contribution in [3.63, 3.8) is 0 Å². The number of carbonyl (C=O) groups is 1. The Morgan fingerprint density at radius 3 is 2.47 bits per heavy atom. The monoisotopic (exact) mass is 424 g/mol. The van der Waals surface area contributed by atoms with E-state index in [4.69, 9.17) is 11.6 Å². The fourth-order valence-corrected chi connectivity index (χ4v) is 3.95. The van der Waals surface area contributed by atoms with E-state index in [1.165, 1.54) is 0 Å². The molecule has 0 spiro atoms. The number of halogens is 1. The molecule has 0 aliphatic carbocycles. The first-order valence-corrected chi connectivity index (χ1v) is 10.4. The van der Waals surface area contributed by atoms with Gasteiger partial charge in [-0.3, -0.25) is 0 Å². The number of rotatable bonds is 4. The average molecular weight is 425 g/mol. The number of urea groups is 1. The van der Waals surface area contributed by atoms with Crippen molar-refractivity contribution in [2.45, 2.75) is 20.4 Å². The summed E-state index contributed by atoms with van der Waals surface area (Å²) >= 11 is 5.91. The molecule has 0 bridgehead atoms. The number of hydrogen-bond donors (Lipinski definition) is 1. The minimum atomic E-state index is -0.0396. The molecule has 1 aromatic carbocycles. The highest BCUT2D eigenvalue weighted by molar-refractivity contribution is 6.30. The van der Waals surface area contributed by atoms with Crippen molar-refractivity contribution < 1.29 is 4.79 Å². The Labute approximate surface area is 181 Å². The third kappa shape index (κ3) is 4.26. The summed E-state index contributed by atoms with van der Waals surface area (Å²) in [7, 11) is 0. The van der Waals surface area contributed by atoms with Crippen molar-refractivity contribution in [1.82, 2.24) is 25.0 Å². The average Bonchev–Trinajstić information content (AvgIpc) is 3.08. The Balaban J connectivity index is 1.37. The molecule has 1 saturated heterocycles. The lowest BCUT2D eigenvalue weighted by Gasteiger charge is -2.36. The lowest BCUT2D eigenvalue weighted by molar-refractivity contribution is 0.194. The first-order chi connectivity index (χ1) is 14.5. The summed E-state index contributed by atoms with van der Waals surface area (Å²) in [5.41, 5.74) is 4.19. The predicted molar refractivity (Wildman–Crippen MR) is 118 cm³/mol. The number of hydrogen-bond acceptors (Lipinski definition) is 4. The molecule has 2 aromatic heterocycles. The molecule has 30 heavy (non-hydrogen) atoms. The number of aromatic nitrogens is 3. The number of amides is 2. The molecule has 1 aliphatic rings. The van der Waals surface area contributed by atoms with Crippen molar-refractivity contribution in [1.29, 1.82) is 0 Å². The van der Waals surface area contributed by atoms with Gasteiger partial charge in [-0.2, -0.15) is 5.10 Å². The normalized spacial score (nSPS) is 14.1. The number of benzene rings is 1. The van der Waals surface area contributed by atoms with Crippen LogP contribution in [0.2, 0.25) is 5.02 Å². The third-order valence-corrected chi connectivity index (χ3v) is 5.61. The van der Waals surface area contributed by atoms with E-state index in [2.05, 4.69) is 27.2 Å². The number of nitrogens with zero attached hydrogens (tertiary/aromatic N) is 5.